The predicted molar refractivity (Wildman–Crippen MR) is 83.5 cm³/mol. The monoisotopic (exact) mass is 381 g/mol. The summed E-state index contributed by atoms with van der Waals surface area (Å²) in [5.74, 6) is -1.42. The fourth-order valence-electron chi connectivity index (χ4n) is 2.15. The van der Waals surface area contributed by atoms with Crippen molar-refractivity contribution in [3.05, 3.63) is 52.5 Å². The van der Waals surface area contributed by atoms with Crippen LogP contribution in [0.25, 0.3) is 10.9 Å². The number of aryl methyl sites for hydroxylation is 1. The van der Waals surface area contributed by atoms with Crippen LogP contribution < -0.4 is 8.70 Å². The standard InChI is InChI=1S/C15H10AsClFNO3/c1-7-8-6-9(15(20)21)12(13(18)14(8)19-22-7)16-10-4-2-3-5-11(10)17/h2-6,16H,1H3,(H,20,21). The third-order valence-corrected chi connectivity index (χ3v) is 6.95. The molecule has 1 heterocycles. The predicted octanol–water partition coefficient (Wildman–Crippen LogP) is 2.01. The number of benzene rings is 2. The van der Waals surface area contributed by atoms with Gasteiger partial charge in [0, 0.05) is 0 Å². The fraction of sp³-hybridized carbons (Fsp3) is 0.0667. The summed E-state index contributed by atoms with van der Waals surface area (Å²) < 4.78 is 20.6. The molecule has 0 saturated carbocycles. The molecule has 7 heteroatoms. The molecule has 3 rings (SSSR count). The number of fused-ring (bicyclic) bond motifs is 1. The molecule has 22 heavy (non-hydrogen) atoms. The number of hydrogen-bond donors (Lipinski definition) is 1. The van der Waals surface area contributed by atoms with Crippen molar-refractivity contribution >= 4 is 52.9 Å². The molecule has 0 amide bonds. The van der Waals surface area contributed by atoms with Gasteiger partial charge in [0.05, 0.1) is 0 Å². The Balaban J connectivity index is 2.23. The van der Waals surface area contributed by atoms with Gasteiger partial charge in [-0.05, 0) is 0 Å². The van der Waals surface area contributed by atoms with Gasteiger partial charge in [0.15, 0.2) is 0 Å². The maximum absolute atomic E-state index is 14.7. The van der Waals surface area contributed by atoms with E-state index in [9.17, 15) is 14.3 Å². The van der Waals surface area contributed by atoms with Crippen LogP contribution in [0.1, 0.15) is 16.1 Å². The molecule has 0 aliphatic carbocycles. The maximum atomic E-state index is 14.7. The van der Waals surface area contributed by atoms with E-state index >= 15 is 0 Å². The van der Waals surface area contributed by atoms with E-state index in [4.69, 9.17) is 16.1 Å². The Morgan fingerprint density at radius 1 is 1.41 bits per heavy atom. The zero-order valence-electron chi connectivity index (χ0n) is 11.4. The molecule has 4 nitrogen and oxygen atoms in total. The Morgan fingerprint density at radius 2 is 2.14 bits per heavy atom. The Hall–Kier alpha value is -1.84. The molecular formula is C15H10AsClFNO3. The summed E-state index contributed by atoms with van der Waals surface area (Å²) in [5.41, 5.74) is 0.00419. The summed E-state index contributed by atoms with van der Waals surface area (Å²) in [4.78, 5) is 11.5. The van der Waals surface area contributed by atoms with Gasteiger partial charge in [-0.2, -0.15) is 0 Å². The fourth-order valence-corrected chi connectivity index (χ4v) is 5.03. The third-order valence-electron chi connectivity index (χ3n) is 3.26. The summed E-state index contributed by atoms with van der Waals surface area (Å²) in [6, 6.07) is 8.48. The molecule has 0 aliphatic heterocycles. The summed E-state index contributed by atoms with van der Waals surface area (Å²) in [6.45, 7) is 1.62. The van der Waals surface area contributed by atoms with Crippen LogP contribution in [0.2, 0.25) is 5.02 Å². The SMILES string of the molecule is Cc1onc2c(F)c([AsH]c3ccccc3Cl)c(C(=O)O)cc12. The number of carboxylic acid groups (broad SMARTS) is 1. The molecule has 1 N–H and O–H groups in total. The van der Waals surface area contributed by atoms with E-state index in [0.29, 0.717) is 16.2 Å². The van der Waals surface area contributed by atoms with Gasteiger partial charge in [0.1, 0.15) is 0 Å². The van der Waals surface area contributed by atoms with Crippen molar-refractivity contribution in [3.63, 3.8) is 0 Å². The Bertz CT molecular complexity index is 894. The number of halogens is 2. The van der Waals surface area contributed by atoms with Crippen molar-refractivity contribution in [1.29, 1.82) is 0 Å². The number of aromatic nitrogens is 1. The van der Waals surface area contributed by atoms with Gasteiger partial charge < -0.3 is 0 Å². The van der Waals surface area contributed by atoms with Crippen molar-refractivity contribution in [3.8, 4) is 0 Å². The molecule has 112 valence electrons. The van der Waals surface area contributed by atoms with Gasteiger partial charge in [0.25, 0.3) is 0 Å². The third kappa shape index (κ3) is 2.51. The summed E-state index contributed by atoms with van der Waals surface area (Å²) in [5, 5.41) is 14.0. The molecule has 0 saturated heterocycles. The topological polar surface area (TPSA) is 63.3 Å². The average molecular weight is 382 g/mol. The molecule has 0 radical (unpaired) electrons. The van der Waals surface area contributed by atoms with Crippen molar-refractivity contribution in [2.24, 2.45) is 0 Å². The van der Waals surface area contributed by atoms with Crippen molar-refractivity contribution in [1.82, 2.24) is 5.16 Å². The van der Waals surface area contributed by atoms with E-state index in [2.05, 4.69) is 5.16 Å². The van der Waals surface area contributed by atoms with E-state index in [1.165, 1.54) is 6.07 Å². The molecule has 0 fully saturated rings. The average Bonchev–Trinajstić information content (AvgIpc) is 2.85. The second kappa shape index (κ2) is 5.75. The van der Waals surface area contributed by atoms with Crippen LogP contribution in [0.4, 0.5) is 4.39 Å². The van der Waals surface area contributed by atoms with Crippen LogP contribution in [0, 0.1) is 12.7 Å². The van der Waals surface area contributed by atoms with Crippen LogP contribution in [0.5, 0.6) is 0 Å². The van der Waals surface area contributed by atoms with Crippen molar-refractivity contribution < 1.29 is 18.8 Å². The summed E-state index contributed by atoms with van der Waals surface area (Å²) in [7, 11) is 0. The molecule has 1 aromatic heterocycles. The molecule has 2 aromatic carbocycles. The molecule has 0 spiro atoms. The molecule has 1 unspecified atom stereocenters. The van der Waals surface area contributed by atoms with Crippen LogP contribution in [0.3, 0.4) is 0 Å². The quantitative estimate of drug-likeness (QED) is 0.705. The first-order chi connectivity index (χ1) is 10.5. The van der Waals surface area contributed by atoms with E-state index in [1.54, 1.807) is 31.2 Å². The minimum absolute atomic E-state index is 0.0591. The van der Waals surface area contributed by atoms with E-state index in [-0.39, 0.29) is 15.4 Å². The Labute approximate surface area is 136 Å². The Morgan fingerprint density at radius 3 is 2.82 bits per heavy atom. The van der Waals surface area contributed by atoms with Gasteiger partial charge in [-0.3, -0.25) is 0 Å². The summed E-state index contributed by atoms with van der Waals surface area (Å²) >= 11 is 4.84. The van der Waals surface area contributed by atoms with Gasteiger partial charge in [-0.25, -0.2) is 0 Å². The number of carboxylic acids is 1. The van der Waals surface area contributed by atoms with Crippen LogP contribution >= 0.6 is 11.6 Å². The van der Waals surface area contributed by atoms with Crippen molar-refractivity contribution in [2.45, 2.75) is 6.92 Å². The van der Waals surface area contributed by atoms with Crippen molar-refractivity contribution in [2.75, 3.05) is 0 Å². The first kappa shape index (κ1) is 15.1. The number of rotatable bonds is 3. The zero-order valence-corrected chi connectivity index (χ0v) is 14.2. The van der Waals surface area contributed by atoms with Gasteiger partial charge in [0.2, 0.25) is 0 Å². The first-order valence-electron chi connectivity index (χ1n) is 6.32. The molecular weight excluding hydrogens is 372 g/mol. The number of aromatic carboxylic acids is 1. The van der Waals surface area contributed by atoms with E-state index in [1.807, 2.05) is 0 Å². The normalized spacial score (nSPS) is 11.6. The van der Waals surface area contributed by atoms with Gasteiger partial charge in [-0.15, -0.1) is 0 Å². The second-order valence-electron chi connectivity index (χ2n) is 4.66. The van der Waals surface area contributed by atoms with E-state index in [0.717, 1.165) is 4.35 Å². The molecule has 0 bridgehead atoms. The number of nitrogens with zero attached hydrogens (tertiary/aromatic N) is 1. The number of hydrogen-bond acceptors (Lipinski definition) is 3. The van der Waals surface area contributed by atoms with Crippen LogP contribution in [-0.4, -0.2) is 32.0 Å². The number of carbonyl (C=O) groups is 1. The minimum atomic E-state index is -1.26. The van der Waals surface area contributed by atoms with Crippen LogP contribution in [-0.2, 0) is 0 Å². The summed E-state index contributed by atoms with van der Waals surface area (Å²) in [6.07, 6.45) is 0. The second-order valence-corrected chi connectivity index (χ2v) is 7.77. The van der Waals surface area contributed by atoms with E-state index < -0.39 is 27.5 Å². The van der Waals surface area contributed by atoms with Crippen LogP contribution in [0.15, 0.2) is 34.9 Å². The zero-order chi connectivity index (χ0) is 15.9. The van der Waals surface area contributed by atoms with Gasteiger partial charge in [-0.1, -0.05) is 0 Å². The Kier molecular flexibility index (Phi) is 3.94. The first-order valence-corrected chi connectivity index (χ1v) is 8.80. The van der Waals surface area contributed by atoms with Gasteiger partial charge >= 0.3 is 136 Å². The molecule has 0 aliphatic rings. The molecule has 1 atom stereocenters. The molecule has 3 aromatic rings.